The monoisotopic (exact) mass is 495 g/mol. The van der Waals surface area contributed by atoms with E-state index < -0.39 is 0 Å². The van der Waals surface area contributed by atoms with Gasteiger partial charge in [0.25, 0.3) is 5.91 Å². The van der Waals surface area contributed by atoms with Gasteiger partial charge in [0.1, 0.15) is 17.5 Å². The summed E-state index contributed by atoms with van der Waals surface area (Å²) in [6.07, 6.45) is 2.65. The Morgan fingerprint density at radius 3 is 2.82 bits per heavy atom. The van der Waals surface area contributed by atoms with Crippen LogP contribution in [0.1, 0.15) is 16.1 Å². The number of cyclic esters (lactones) is 1. The van der Waals surface area contributed by atoms with Crippen LogP contribution in [0.15, 0.2) is 42.7 Å². The van der Waals surface area contributed by atoms with Gasteiger partial charge in [0.05, 0.1) is 35.6 Å². The highest BCUT2D eigenvalue weighted by atomic mass is 35.5. The van der Waals surface area contributed by atoms with Crippen LogP contribution in [0.5, 0.6) is 5.75 Å². The second-order valence-electron chi connectivity index (χ2n) is 7.47. The highest BCUT2D eigenvalue weighted by Gasteiger charge is 2.24. The van der Waals surface area contributed by atoms with Crippen molar-refractivity contribution in [2.45, 2.75) is 6.92 Å². The van der Waals surface area contributed by atoms with Gasteiger partial charge in [0.2, 0.25) is 0 Å². The average Bonchev–Trinajstić information content (AvgIpc) is 3.43. The molecule has 34 heavy (non-hydrogen) atoms. The molecular formula is C23H18ClN5O4S. The quantitative estimate of drug-likeness (QED) is 0.391. The lowest BCUT2D eigenvalue weighted by atomic mass is 10.0. The molecule has 0 atom stereocenters. The largest absolute Gasteiger partial charge is 0.494 e. The number of halogens is 1. The first-order valence-electron chi connectivity index (χ1n) is 10.3. The number of benzene rings is 1. The topological polar surface area (TPSA) is 107 Å². The third kappa shape index (κ3) is 4.13. The first-order valence-corrected chi connectivity index (χ1v) is 11.4. The Hall–Kier alpha value is -3.76. The predicted octanol–water partition coefficient (Wildman–Crippen LogP) is 4.93. The van der Waals surface area contributed by atoms with Crippen molar-refractivity contribution in [1.82, 2.24) is 15.0 Å². The fraction of sp³-hybridized carbons (Fsp3) is 0.174. The third-order valence-corrected chi connectivity index (χ3v) is 6.43. The van der Waals surface area contributed by atoms with Crippen LogP contribution in [0.2, 0.25) is 5.15 Å². The number of pyridine rings is 2. The van der Waals surface area contributed by atoms with E-state index in [1.54, 1.807) is 17.0 Å². The third-order valence-electron chi connectivity index (χ3n) is 5.29. The van der Waals surface area contributed by atoms with Gasteiger partial charge in [0.15, 0.2) is 5.13 Å². The number of thiazole rings is 1. The van der Waals surface area contributed by atoms with E-state index in [0.717, 1.165) is 16.1 Å². The second kappa shape index (κ2) is 8.88. The fourth-order valence-corrected chi connectivity index (χ4v) is 4.73. The molecule has 172 valence electrons. The molecule has 1 aliphatic heterocycles. The number of fused-ring (bicyclic) bond motifs is 1. The molecule has 1 saturated heterocycles. The first kappa shape index (κ1) is 22.1. The number of rotatable bonds is 5. The van der Waals surface area contributed by atoms with Crippen LogP contribution in [-0.4, -0.2) is 47.2 Å². The highest BCUT2D eigenvalue weighted by Crippen LogP contribution is 2.35. The van der Waals surface area contributed by atoms with E-state index >= 15 is 0 Å². The molecule has 5 rings (SSSR count). The Balaban J connectivity index is 1.47. The summed E-state index contributed by atoms with van der Waals surface area (Å²) in [7, 11) is 1.53. The summed E-state index contributed by atoms with van der Waals surface area (Å²) in [6.45, 7) is 2.70. The van der Waals surface area contributed by atoms with Crippen LogP contribution < -0.4 is 15.0 Å². The van der Waals surface area contributed by atoms with Crippen molar-refractivity contribution in [3.05, 3.63) is 59.1 Å². The number of hydrogen-bond donors (Lipinski definition) is 1. The number of aryl methyl sites for hydroxylation is 1. The van der Waals surface area contributed by atoms with Crippen molar-refractivity contribution in [2.75, 3.05) is 30.5 Å². The molecule has 3 aromatic heterocycles. The minimum absolute atomic E-state index is 0.278. The number of aromatic nitrogens is 3. The molecule has 0 spiro atoms. The van der Waals surface area contributed by atoms with E-state index in [4.69, 9.17) is 21.1 Å². The van der Waals surface area contributed by atoms with Gasteiger partial charge in [-0.3, -0.25) is 20.0 Å². The average molecular weight is 496 g/mol. The molecule has 0 bridgehead atoms. The van der Waals surface area contributed by atoms with Crippen LogP contribution in [0.25, 0.3) is 21.3 Å². The zero-order chi connectivity index (χ0) is 23.8. The number of anilines is 2. The summed E-state index contributed by atoms with van der Waals surface area (Å²) in [5, 5.41) is 3.56. The van der Waals surface area contributed by atoms with E-state index in [9.17, 15) is 9.59 Å². The van der Waals surface area contributed by atoms with Crippen LogP contribution in [0, 0.1) is 6.92 Å². The molecule has 11 heteroatoms. The summed E-state index contributed by atoms with van der Waals surface area (Å²) in [5.74, 6) is 0.108. The number of carbonyl (C=O) groups is 2. The van der Waals surface area contributed by atoms with Gasteiger partial charge in [-0.2, -0.15) is 0 Å². The lowest BCUT2D eigenvalue weighted by Crippen LogP contribution is -2.22. The van der Waals surface area contributed by atoms with Crippen molar-refractivity contribution in [3.63, 3.8) is 0 Å². The molecule has 0 unspecified atom stereocenters. The van der Waals surface area contributed by atoms with Gasteiger partial charge >= 0.3 is 6.09 Å². The molecule has 2 amide bonds. The van der Waals surface area contributed by atoms with Crippen molar-refractivity contribution >= 4 is 56.0 Å². The number of hydrogen-bond acceptors (Lipinski definition) is 8. The molecule has 1 N–H and O–H groups in total. The Labute approximate surface area is 203 Å². The number of nitrogens with one attached hydrogen (secondary N) is 1. The van der Waals surface area contributed by atoms with Gasteiger partial charge < -0.3 is 9.47 Å². The summed E-state index contributed by atoms with van der Waals surface area (Å²) < 4.78 is 11.3. The van der Waals surface area contributed by atoms with Gasteiger partial charge in [0, 0.05) is 28.7 Å². The van der Waals surface area contributed by atoms with E-state index in [1.807, 2.05) is 25.1 Å². The Kier molecular flexibility index (Phi) is 5.76. The summed E-state index contributed by atoms with van der Waals surface area (Å²) >= 11 is 7.43. The first-order chi connectivity index (χ1) is 16.4. The molecule has 1 aliphatic rings. The molecule has 9 nitrogen and oxygen atoms in total. The highest BCUT2D eigenvalue weighted by molar-refractivity contribution is 7.22. The molecular weight excluding hydrogens is 478 g/mol. The van der Waals surface area contributed by atoms with Gasteiger partial charge in [-0.05, 0) is 37.3 Å². The van der Waals surface area contributed by atoms with Crippen molar-refractivity contribution in [2.24, 2.45) is 0 Å². The molecule has 0 saturated carbocycles. The van der Waals surface area contributed by atoms with Crippen LogP contribution in [-0.2, 0) is 4.74 Å². The minimum atomic E-state index is -0.375. The zero-order valence-corrected chi connectivity index (χ0v) is 19.7. The lowest BCUT2D eigenvalue weighted by Gasteiger charge is -2.13. The molecule has 4 heterocycles. The van der Waals surface area contributed by atoms with E-state index in [2.05, 4.69) is 20.3 Å². The summed E-state index contributed by atoms with van der Waals surface area (Å²) in [4.78, 5) is 39.5. The number of carbonyl (C=O) groups excluding carboxylic acids is 2. The molecule has 1 aromatic carbocycles. The number of amides is 2. The standard InChI is InChI=1S/C23H18ClN5O4S/c1-12-7-14(15-9-20(24)26-11-18(15)32-2)16(10-25-12)21(30)28-22-27-17-4-3-13(8-19(17)34-22)29-5-6-33-23(29)31/h3-4,7-11H,5-6H2,1-2H3,(H,27,28,30). The molecule has 1 fully saturated rings. The number of methoxy groups -OCH3 is 1. The lowest BCUT2D eigenvalue weighted by molar-refractivity contribution is 0.102. The maximum Gasteiger partial charge on any atom is 0.414 e. The van der Waals surface area contributed by atoms with Crippen molar-refractivity contribution < 1.29 is 19.1 Å². The summed E-state index contributed by atoms with van der Waals surface area (Å²) in [6, 6.07) is 8.92. The van der Waals surface area contributed by atoms with Gasteiger partial charge in [-0.15, -0.1) is 0 Å². The van der Waals surface area contributed by atoms with Gasteiger partial charge in [-0.25, -0.2) is 14.8 Å². The Morgan fingerprint density at radius 1 is 1.21 bits per heavy atom. The van der Waals surface area contributed by atoms with Crippen LogP contribution >= 0.6 is 22.9 Å². The van der Waals surface area contributed by atoms with E-state index in [-0.39, 0.29) is 17.2 Å². The maximum atomic E-state index is 13.3. The van der Waals surface area contributed by atoms with Crippen LogP contribution in [0.3, 0.4) is 0 Å². The molecule has 0 aliphatic carbocycles. The Morgan fingerprint density at radius 2 is 2.06 bits per heavy atom. The van der Waals surface area contributed by atoms with Crippen molar-refractivity contribution in [1.29, 1.82) is 0 Å². The molecule has 0 radical (unpaired) electrons. The maximum absolute atomic E-state index is 13.3. The number of ether oxygens (including phenoxy) is 2. The van der Waals surface area contributed by atoms with Crippen LogP contribution in [0.4, 0.5) is 15.6 Å². The predicted molar refractivity (Wildman–Crippen MR) is 130 cm³/mol. The van der Waals surface area contributed by atoms with E-state index in [0.29, 0.717) is 46.2 Å². The van der Waals surface area contributed by atoms with Gasteiger partial charge in [-0.1, -0.05) is 22.9 Å². The second-order valence-corrected chi connectivity index (χ2v) is 8.89. The van der Waals surface area contributed by atoms with Crippen molar-refractivity contribution in [3.8, 4) is 16.9 Å². The Bertz CT molecular complexity index is 1440. The fourth-order valence-electron chi connectivity index (χ4n) is 3.68. The normalized spacial score (nSPS) is 13.3. The SMILES string of the molecule is COc1cnc(Cl)cc1-c1cc(C)ncc1C(=O)Nc1nc2ccc(N3CCOC3=O)cc2s1. The number of nitrogens with zero attached hydrogens (tertiary/aromatic N) is 4. The minimum Gasteiger partial charge on any atom is -0.494 e. The summed E-state index contributed by atoms with van der Waals surface area (Å²) in [5.41, 5.74) is 3.75. The zero-order valence-electron chi connectivity index (χ0n) is 18.2. The smallest absolute Gasteiger partial charge is 0.414 e. The van der Waals surface area contributed by atoms with E-state index in [1.165, 1.54) is 30.8 Å². The molecule has 4 aromatic rings.